The summed E-state index contributed by atoms with van der Waals surface area (Å²) in [5, 5.41) is 13.1. The van der Waals surface area contributed by atoms with E-state index < -0.39 is 0 Å². The smallest absolute Gasteiger partial charge is 0.263 e. The van der Waals surface area contributed by atoms with Gasteiger partial charge in [-0.05, 0) is 23.4 Å². The van der Waals surface area contributed by atoms with E-state index in [1.807, 2.05) is 17.6 Å². The molecular formula is C20H21FN6OS. The highest BCUT2D eigenvalue weighted by atomic mass is 32.1. The first kappa shape index (κ1) is 19.3. The van der Waals surface area contributed by atoms with Gasteiger partial charge in [-0.2, -0.15) is 10.2 Å². The second-order valence-corrected chi connectivity index (χ2v) is 7.83. The van der Waals surface area contributed by atoms with Crippen molar-refractivity contribution >= 4 is 22.9 Å². The quantitative estimate of drug-likeness (QED) is 0.551. The molecule has 1 N–H and O–H groups in total. The Hall–Kier alpha value is -3.07. The molecule has 9 heteroatoms. The zero-order valence-corrected chi connectivity index (χ0v) is 15.7. The average Bonchev–Trinajstić information content (AvgIpc) is 3.52. The fourth-order valence-corrected chi connectivity index (χ4v) is 4.40. The average molecular weight is 412 g/mol. The van der Waals surface area contributed by atoms with Crippen LogP contribution in [0.3, 0.4) is 0 Å². The van der Waals surface area contributed by atoms with Crippen molar-refractivity contribution in [2.24, 2.45) is 5.92 Å². The van der Waals surface area contributed by atoms with E-state index in [0.29, 0.717) is 18.0 Å². The Labute approximate surface area is 171 Å². The molecule has 1 unspecified atom stereocenters. The summed E-state index contributed by atoms with van der Waals surface area (Å²) in [7, 11) is 0. The third-order valence-corrected chi connectivity index (χ3v) is 6.02. The lowest BCUT2D eigenvalue weighted by Gasteiger charge is -2.14. The van der Waals surface area contributed by atoms with E-state index in [1.165, 1.54) is 11.3 Å². The number of carbonyl (C=O) groups excluding carboxylic acids is 1. The second kappa shape index (κ2) is 7.75. The standard InChI is InChI=1S/C19H17FN6OS.CH4/c20-4-12-1-2-25(9-12)19(27)17-3-13(11-28-17)16-8-24-26-10-15(5-21-18(16)26)14-6-22-23-7-14;/h3,5-8,10-12H,1-2,4,9H2,(H,22,23);1H4. The highest BCUT2D eigenvalue weighted by molar-refractivity contribution is 7.12. The van der Waals surface area contributed by atoms with Gasteiger partial charge in [-0.25, -0.2) is 9.50 Å². The van der Waals surface area contributed by atoms with Crippen LogP contribution in [0.1, 0.15) is 23.5 Å². The first-order chi connectivity index (χ1) is 13.7. The van der Waals surface area contributed by atoms with Crippen molar-refractivity contribution in [2.75, 3.05) is 19.8 Å². The molecule has 1 saturated heterocycles. The summed E-state index contributed by atoms with van der Waals surface area (Å²) < 4.78 is 14.6. The molecule has 1 aliphatic heterocycles. The Morgan fingerprint density at radius 1 is 1.28 bits per heavy atom. The van der Waals surface area contributed by atoms with Crippen LogP contribution in [0.2, 0.25) is 0 Å². The number of amides is 1. The molecule has 1 atom stereocenters. The summed E-state index contributed by atoms with van der Waals surface area (Å²) in [5.41, 5.74) is 4.36. The first-order valence-electron chi connectivity index (χ1n) is 8.99. The fourth-order valence-electron chi connectivity index (χ4n) is 3.52. The van der Waals surface area contributed by atoms with Gasteiger partial charge >= 0.3 is 0 Å². The van der Waals surface area contributed by atoms with Gasteiger partial charge in [0.15, 0.2) is 5.65 Å². The van der Waals surface area contributed by atoms with E-state index in [1.54, 1.807) is 34.2 Å². The molecule has 4 aromatic heterocycles. The van der Waals surface area contributed by atoms with E-state index in [0.717, 1.165) is 34.3 Å². The van der Waals surface area contributed by atoms with Crippen molar-refractivity contribution in [3.63, 3.8) is 0 Å². The van der Waals surface area contributed by atoms with Crippen LogP contribution in [0, 0.1) is 5.92 Å². The number of hydrogen-bond acceptors (Lipinski definition) is 5. The lowest BCUT2D eigenvalue weighted by atomic mass is 10.1. The molecule has 7 nitrogen and oxygen atoms in total. The fraction of sp³-hybridized carbons (Fsp3) is 0.300. The summed E-state index contributed by atoms with van der Waals surface area (Å²) in [4.78, 5) is 19.6. The van der Waals surface area contributed by atoms with Gasteiger partial charge in [-0.15, -0.1) is 11.3 Å². The number of aromatic amines is 1. The third kappa shape index (κ3) is 3.42. The maximum absolute atomic E-state index is 12.8. The second-order valence-electron chi connectivity index (χ2n) is 6.92. The van der Waals surface area contributed by atoms with Crippen LogP contribution in [0.25, 0.3) is 27.9 Å². The first-order valence-corrected chi connectivity index (χ1v) is 9.87. The summed E-state index contributed by atoms with van der Waals surface area (Å²) in [6, 6.07) is 1.87. The van der Waals surface area contributed by atoms with Crippen molar-refractivity contribution in [2.45, 2.75) is 13.8 Å². The SMILES string of the molecule is C.O=C(c1cc(-c2cnn3cc(-c4cn[nH]c4)cnc23)cs1)N1CCC(CF)C1. The number of halogens is 1. The molecule has 150 valence electrons. The van der Waals surface area contributed by atoms with Gasteiger partial charge in [-0.3, -0.25) is 14.3 Å². The predicted molar refractivity (Wildman–Crippen MR) is 111 cm³/mol. The molecule has 0 bridgehead atoms. The summed E-state index contributed by atoms with van der Waals surface area (Å²) in [6.45, 7) is 0.752. The Bertz CT molecular complexity index is 1140. The Morgan fingerprint density at radius 3 is 2.93 bits per heavy atom. The molecule has 0 spiro atoms. The number of aromatic nitrogens is 5. The zero-order chi connectivity index (χ0) is 19.1. The van der Waals surface area contributed by atoms with Crippen LogP contribution in [0.5, 0.6) is 0 Å². The van der Waals surface area contributed by atoms with Crippen LogP contribution in [-0.4, -0.2) is 55.4 Å². The molecule has 4 aromatic rings. The molecule has 0 aromatic carbocycles. The number of fused-ring (bicyclic) bond motifs is 1. The van der Waals surface area contributed by atoms with Gasteiger partial charge in [0.2, 0.25) is 0 Å². The van der Waals surface area contributed by atoms with Crippen molar-refractivity contribution < 1.29 is 9.18 Å². The van der Waals surface area contributed by atoms with Crippen molar-refractivity contribution in [3.05, 3.63) is 47.3 Å². The molecule has 5 heterocycles. The molecule has 29 heavy (non-hydrogen) atoms. The normalized spacial score (nSPS) is 16.3. The monoisotopic (exact) mass is 412 g/mol. The Balaban J connectivity index is 0.00000205. The van der Waals surface area contributed by atoms with Gasteiger partial charge in [0.25, 0.3) is 5.91 Å². The molecule has 0 saturated carbocycles. The molecule has 0 radical (unpaired) electrons. The topological polar surface area (TPSA) is 79.2 Å². The molecule has 0 aliphatic carbocycles. The number of carbonyl (C=O) groups is 1. The summed E-state index contributed by atoms with van der Waals surface area (Å²) in [5.74, 6) is -0.0597. The van der Waals surface area contributed by atoms with Crippen molar-refractivity contribution in [1.29, 1.82) is 0 Å². The molecule has 1 fully saturated rings. The van der Waals surface area contributed by atoms with Gasteiger partial charge < -0.3 is 4.90 Å². The van der Waals surface area contributed by atoms with E-state index >= 15 is 0 Å². The van der Waals surface area contributed by atoms with Gasteiger partial charge in [0.05, 0.1) is 23.9 Å². The van der Waals surface area contributed by atoms with Crippen LogP contribution < -0.4 is 0 Å². The highest BCUT2D eigenvalue weighted by Crippen LogP contribution is 2.30. The van der Waals surface area contributed by atoms with E-state index in [4.69, 9.17) is 0 Å². The van der Waals surface area contributed by atoms with Gasteiger partial charge in [0, 0.05) is 54.3 Å². The number of rotatable bonds is 4. The maximum atomic E-state index is 12.8. The largest absolute Gasteiger partial charge is 0.338 e. The third-order valence-electron chi connectivity index (χ3n) is 5.10. The van der Waals surface area contributed by atoms with E-state index in [2.05, 4.69) is 20.3 Å². The molecule has 5 rings (SSSR count). The van der Waals surface area contributed by atoms with Gasteiger partial charge in [-0.1, -0.05) is 7.43 Å². The number of nitrogens with zero attached hydrogens (tertiary/aromatic N) is 5. The van der Waals surface area contributed by atoms with Crippen molar-refractivity contribution in [3.8, 4) is 22.3 Å². The minimum Gasteiger partial charge on any atom is -0.338 e. The molecule has 1 amide bonds. The highest BCUT2D eigenvalue weighted by Gasteiger charge is 2.27. The van der Waals surface area contributed by atoms with Crippen LogP contribution in [0.4, 0.5) is 4.39 Å². The number of alkyl halides is 1. The number of likely N-dealkylation sites (tertiary alicyclic amines) is 1. The molecular weight excluding hydrogens is 391 g/mol. The summed E-state index contributed by atoms with van der Waals surface area (Å²) >= 11 is 1.40. The summed E-state index contributed by atoms with van der Waals surface area (Å²) in [6.07, 6.45) is 9.71. The lowest BCUT2D eigenvalue weighted by molar-refractivity contribution is 0.0790. The predicted octanol–water partition coefficient (Wildman–Crippen LogP) is 3.92. The van der Waals surface area contributed by atoms with E-state index in [-0.39, 0.29) is 25.9 Å². The van der Waals surface area contributed by atoms with Crippen LogP contribution in [-0.2, 0) is 0 Å². The molecule has 1 aliphatic rings. The number of hydrogen-bond donors (Lipinski definition) is 1. The Kier molecular flexibility index (Phi) is 5.14. The van der Waals surface area contributed by atoms with Crippen LogP contribution in [0.15, 0.2) is 42.4 Å². The maximum Gasteiger partial charge on any atom is 0.263 e. The minimum atomic E-state index is -0.367. The van der Waals surface area contributed by atoms with E-state index in [9.17, 15) is 9.18 Å². The number of H-pyrrole nitrogens is 1. The van der Waals surface area contributed by atoms with Crippen molar-refractivity contribution in [1.82, 2.24) is 29.7 Å². The van der Waals surface area contributed by atoms with Gasteiger partial charge in [0.1, 0.15) is 0 Å². The lowest BCUT2D eigenvalue weighted by Crippen LogP contribution is -2.28. The Morgan fingerprint density at radius 2 is 2.17 bits per heavy atom. The zero-order valence-electron chi connectivity index (χ0n) is 14.9. The van der Waals surface area contributed by atoms with Crippen LogP contribution >= 0.6 is 11.3 Å². The number of thiophene rings is 1. The number of nitrogens with one attached hydrogen (secondary N) is 1. The minimum absolute atomic E-state index is 0.